The van der Waals surface area contributed by atoms with Crippen molar-refractivity contribution in [2.24, 2.45) is 0 Å². The van der Waals surface area contributed by atoms with E-state index in [1.807, 2.05) is 30.3 Å². The maximum Gasteiger partial charge on any atom is 0.233 e. The number of benzene rings is 2. The molecule has 0 unspecified atom stereocenters. The van der Waals surface area contributed by atoms with Gasteiger partial charge in [-0.3, -0.25) is 10.1 Å². The van der Waals surface area contributed by atoms with Crippen molar-refractivity contribution in [3.8, 4) is 5.75 Å². The van der Waals surface area contributed by atoms with Gasteiger partial charge in [0, 0.05) is 10.5 Å². The highest BCUT2D eigenvalue weighted by atomic mass is 79.9. The van der Waals surface area contributed by atoms with Crippen molar-refractivity contribution in [2.45, 2.75) is 18.8 Å². The lowest BCUT2D eigenvalue weighted by Crippen LogP contribution is -2.24. The predicted molar refractivity (Wildman–Crippen MR) is 97.5 cm³/mol. The number of aliphatic hydroxyl groups excluding tert-OH is 1. The second-order valence-electron chi connectivity index (χ2n) is 5.57. The predicted octanol–water partition coefficient (Wildman–Crippen LogP) is 3.69. The van der Waals surface area contributed by atoms with Gasteiger partial charge in [0.05, 0.1) is 11.1 Å². The molecule has 0 aliphatic heterocycles. The first-order chi connectivity index (χ1) is 12.5. The van der Waals surface area contributed by atoms with Crippen LogP contribution in [0.4, 0.5) is 4.39 Å². The Hall–Kier alpha value is -2.03. The summed E-state index contributed by atoms with van der Waals surface area (Å²) < 4.78 is 24.7. The molecular formula is C18H19BrFNO5. The van der Waals surface area contributed by atoms with E-state index in [-0.39, 0.29) is 13.2 Å². The van der Waals surface area contributed by atoms with Gasteiger partial charge in [0.15, 0.2) is 0 Å². The molecule has 0 bridgehead atoms. The van der Waals surface area contributed by atoms with Gasteiger partial charge in [-0.05, 0) is 27.6 Å². The Balaban J connectivity index is 1.95. The number of rotatable bonds is 10. The molecule has 0 saturated heterocycles. The standard InChI is InChI=1S/C18H19BrFNO5/c19-18-15(16(22)10-21(23)24)7-4-8-17(18)26-12-14(9-20)25-11-13-5-2-1-3-6-13/h1-8,14,16,22H,9-12H2/t14-,16-/m1/s1. The normalized spacial score (nSPS) is 13.2. The number of nitrogens with zero attached hydrogens (tertiary/aromatic N) is 1. The van der Waals surface area contributed by atoms with Gasteiger partial charge in [0.1, 0.15) is 31.2 Å². The molecule has 2 aromatic rings. The van der Waals surface area contributed by atoms with Crippen molar-refractivity contribution < 1.29 is 23.9 Å². The summed E-state index contributed by atoms with van der Waals surface area (Å²) in [7, 11) is 0. The third-order valence-electron chi connectivity index (χ3n) is 3.60. The number of hydrogen-bond donors (Lipinski definition) is 1. The highest BCUT2D eigenvalue weighted by Crippen LogP contribution is 2.32. The van der Waals surface area contributed by atoms with Gasteiger partial charge in [0.2, 0.25) is 6.54 Å². The molecule has 0 heterocycles. The van der Waals surface area contributed by atoms with Crippen LogP contribution in [0.25, 0.3) is 0 Å². The van der Waals surface area contributed by atoms with Gasteiger partial charge < -0.3 is 14.6 Å². The van der Waals surface area contributed by atoms with E-state index in [0.717, 1.165) is 5.56 Å². The van der Waals surface area contributed by atoms with Crippen LogP contribution in [-0.2, 0) is 11.3 Å². The number of ether oxygens (including phenoxy) is 2. The van der Waals surface area contributed by atoms with Crippen LogP contribution in [0.2, 0.25) is 0 Å². The van der Waals surface area contributed by atoms with Crippen LogP contribution in [0.15, 0.2) is 53.0 Å². The summed E-state index contributed by atoms with van der Waals surface area (Å²) in [6.45, 7) is -1.10. The van der Waals surface area contributed by atoms with E-state index in [2.05, 4.69) is 15.9 Å². The fraction of sp³-hybridized carbons (Fsp3) is 0.333. The van der Waals surface area contributed by atoms with Crippen LogP contribution in [0, 0.1) is 10.1 Å². The van der Waals surface area contributed by atoms with Crippen LogP contribution < -0.4 is 4.74 Å². The molecule has 8 heteroatoms. The molecule has 0 aliphatic carbocycles. The first-order valence-corrected chi connectivity index (χ1v) is 8.73. The van der Waals surface area contributed by atoms with Crippen LogP contribution in [-0.4, -0.2) is 36.0 Å². The Labute approximate surface area is 158 Å². The van der Waals surface area contributed by atoms with Crippen LogP contribution in [0.5, 0.6) is 5.75 Å². The fourth-order valence-corrected chi connectivity index (χ4v) is 2.89. The Morgan fingerprint density at radius 3 is 2.58 bits per heavy atom. The Bertz CT molecular complexity index is 716. The second kappa shape index (κ2) is 10.2. The molecule has 140 valence electrons. The molecule has 26 heavy (non-hydrogen) atoms. The van der Waals surface area contributed by atoms with Crippen molar-refractivity contribution >= 4 is 15.9 Å². The summed E-state index contributed by atoms with van der Waals surface area (Å²) in [5, 5.41) is 20.5. The van der Waals surface area contributed by atoms with Crippen molar-refractivity contribution in [1.82, 2.24) is 0 Å². The maximum atomic E-state index is 13.2. The van der Waals surface area contributed by atoms with Crippen molar-refractivity contribution in [3.63, 3.8) is 0 Å². The molecule has 0 spiro atoms. The quantitative estimate of drug-likeness (QED) is 0.461. The molecule has 0 aromatic heterocycles. The zero-order valence-electron chi connectivity index (χ0n) is 13.9. The highest BCUT2D eigenvalue weighted by Gasteiger charge is 2.20. The van der Waals surface area contributed by atoms with Crippen molar-refractivity contribution in [1.29, 1.82) is 0 Å². The zero-order chi connectivity index (χ0) is 18.9. The van der Waals surface area contributed by atoms with E-state index in [4.69, 9.17) is 9.47 Å². The van der Waals surface area contributed by atoms with Gasteiger partial charge in [-0.1, -0.05) is 42.5 Å². The second-order valence-corrected chi connectivity index (χ2v) is 6.37. The first kappa shape index (κ1) is 20.3. The fourth-order valence-electron chi connectivity index (χ4n) is 2.24. The number of aliphatic hydroxyl groups is 1. The van der Waals surface area contributed by atoms with Gasteiger partial charge in [-0.2, -0.15) is 0 Å². The summed E-state index contributed by atoms with van der Waals surface area (Å²) in [4.78, 5) is 9.97. The number of nitro groups is 1. The summed E-state index contributed by atoms with van der Waals surface area (Å²) >= 11 is 3.28. The minimum absolute atomic E-state index is 0.0310. The molecule has 0 fully saturated rings. The molecule has 2 aromatic carbocycles. The third kappa shape index (κ3) is 6.05. The van der Waals surface area contributed by atoms with Crippen LogP contribution in [0.3, 0.4) is 0 Å². The average molecular weight is 428 g/mol. The van der Waals surface area contributed by atoms with E-state index in [9.17, 15) is 19.6 Å². The van der Waals surface area contributed by atoms with Gasteiger partial charge >= 0.3 is 0 Å². The Morgan fingerprint density at radius 1 is 1.19 bits per heavy atom. The SMILES string of the molecule is O=[N+]([O-])C[C@@H](O)c1cccc(OC[C@@H](CF)OCc2ccccc2)c1Br. The van der Waals surface area contributed by atoms with Gasteiger partial charge in [-0.15, -0.1) is 0 Å². The van der Waals surface area contributed by atoms with Crippen LogP contribution in [0.1, 0.15) is 17.2 Å². The Morgan fingerprint density at radius 2 is 1.92 bits per heavy atom. The summed E-state index contributed by atoms with van der Waals surface area (Å²) in [5.41, 5.74) is 1.26. The topological polar surface area (TPSA) is 81.8 Å². The van der Waals surface area contributed by atoms with E-state index in [1.165, 1.54) is 0 Å². The Kier molecular flexibility index (Phi) is 7.96. The largest absolute Gasteiger partial charge is 0.490 e. The van der Waals surface area contributed by atoms with Crippen molar-refractivity contribution in [2.75, 3.05) is 19.8 Å². The lowest BCUT2D eigenvalue weighted by molar-refractivity contribution is -0.491. The van der Waals surface area contributed by atoms with E-state index in [0.29, 0.717) is 15.8 Å². The van der Waals surface area contributed by atoms with Gasteiger partial charge in [-0.25, -0.2) is 4.39 Å². The van der Waals surface area contributed by atoms with E-state index < -0.39 is 30.4 Å². The van der Waals surface area contributed by atoms with E-state index >= 15 is 0 Å². The molecule has 0 amide bonds. The summed E-state index contributed by atoms with van der Waals surface area (Å²) in [6, 6.07) is 14.2. The number of hydrogen-bond acceptors (Lipinski definition) is 5. The first-order valence-electron chi connectivity index (χ1n) is 7.93. The summed E-state index contributed by atoms with van der Waals surface area (Å²) in [6.07, 6.45) is -2.02. The maximum absolute atomic E-state index is 13.2. The highest BCUT2D eigenvalue weighted by molar-refractivity contribution is 9.10. The van der Waals surface area contributed by atoms with Crippen molar-refractivity contribution in [3.05, 3.63) is 74.2 Å². The molecule has 1 N–H and O–H groups in total. The monoisotopic (exact) mass is 427 g/mol. The molecule has 0 aliphatic rings. The minimum Gasteiger partial charge on any atom is -0.490 e. The minimum atomic E-state index is -1.27. The summed E-state index contributed by atoms with van der Waals surface area (Å²) in [5.74, 6) is 0.353. The molecule has 2 rings (SSSR count). The zero-order valence-corrected chi connectivity index (χ0v) is 15.5. The van der Waals surface area contributed by atoms with Crippen LogP contribution >= 0.6 is 15.9 Å². The molecule has 0 radical (unpaired) electrons. The molecule has 6 nitrogen and oxygen atoms in total. The lowest BCUT2D eigenvalue weighted by Gasteiger charge is -2.18. The molecule has 0 saturated carbocycles. The molecule has 2 atom stereocenters. The lowest BCUT2D eigenvalue weighted by atomic mass is 10.1. The number of alkyl halides is 1. The molecular weight excluding hydrogens is 409 g/mol. The van der Waals surface area contributed by atoms with Gasteiger partial charge in [0.25, 0.3) is 0 Å². The average Bonchev–Trinajstić information content (AvgIpc) is 2.63. The number of halogens is 2. The smallest absolute Gasteiger partial charge is 0.233 e. The third-order valence-corrected chi connectivity index (χ3v) is 4.45. The van der Waals surface area contributed by atoms with E-state index in [1.54, 1.807) is 18.2 Å².